The Morgan fingerprint density at radius 1 is 1.21 bits per heavy atom. The Morgan fingerprint density at radius 3 is 2.70 bits per heavy atom. The van der Waals surface area contributed by atoms with Crippen LogP contribution in [0.3, 0.4) is 0 Å². The van der Waals surface area contributed by atoms with Crippen LogP contribution in [0.15, 0.2) is 58.5 Å². The van der Waals surface area contributed by atoms with Gasteiger partial charge in [-0.2, -0.15) is 10.4 Å². The van der Waals surface area contributed by atoms with Crippen molar-refractivity contribution in [1.29, 1.82) is 5.26 Å². The number of nitrogens with zero attached hydrogens (tertiary/aromatic N) is 3. The Morgan fingerprint density at radius 2 is 2.00 bits per heavy atom. The number of carbonyl (C=O) groups excluding carboxylic acids is 2. The monoisotopic (exact) mass is 460 g/mol. The number of amides is 1. The van der Waals surface area contributed by atoms with Gasteiger partial charge in [0.15, 0.2) is 6.61 Å². The fourth-order valence-corrected chi connectivity index (χ4v) is 3.96. The van der Waals surface area contributed by atoms with Crippen molar-refractivity contribution in [3.63, 3.8) is 0 Å². The summed E-state index contributed by atoms with van der Waals surface area (Å²) in [6, 6.07) is 15.5. The molecule has 1 aromatic carbocycles. The van der Waals surface area contributed by atoms with Gasteiger partial charge in [0.2, 0.25) is 5.88 Å². The Hall–Kier alpha value is -4.16. The summed E-state index contributed by atoms with van der Waals surface area (Å²) in [5.41, 5.74) is 2.69. The second kappa shape index (κ2) is 9.54. The molecule has 8 nitrogen and oxygen atoms in total. The third-order valence-electron chi connectivity index (χ3n) is 5.01. The van der Waals surface area contributed by atoms with E-state index in [-0.39, 0.29) is 17.0 Å². The Labute approximate surface area is 194 Å². The van der Waals surface area contributed by atoms with Crippen molar-refractivity contribution in [2.75, 3.05) is 11.9 Å². The first kappa shape index (κ1) is 22.0. The minimum atomic E-state index is -0.667. The summed E-state index contributed by atoms with van der Waals surface area (Å²) in [7, 11) is 0. The molecule has 0 saturated heterocycles. The van der Waals surface area contributed by atoms with E-state index in [4.69, 9.17) is 9.15 Å². The van der Waals surface area contributed by atoms with Crippen LogP contribution in [0, 0.1) is 25.2 Å². The molecule has 0 aliphatic heterocycles. The van der Waals surface area contributed by atoms with Gasteiger partial charge in [-0.1, -0.05) is 36.4 Å². The van der Waals surface area contributed by atoms with Gasteiger partial charge >= 0.3 is 5.97 Å². The highest BCUT2D eigenvalue weighted by atomic mass is 32.1. The maximum Gasteiger partial charge on any atom is 0.342 e. The molecule has 0 saturated carbocycles. The Balaban J connectivity index is 1.49. The number of esters is 1. The maximum absolute atomic E-state index is 12.8. The van der Waals surface area contributed by atoms with E-state index in [1.54, 1.807) is 24.7 Å². The maximum atomic E-state index is 12.8. The molecule has 0 aliphatic rings. The Bertz CT molecular complexity index is 1330. The van der Waals surface area contributed by atoms with Gasteiger partial charge in [-0.25, -0.2) is 4.79 Å². The molecule has 1 N–H and O–H groups in total. The van der Waals surface area contributed by atoms with E-state index in [0.29, 0.717) is 23.6 Å². The molecule has 0 fully saturated rings. The lowest BCUT2D eigenvalue weighted by atomic mass is 10.2. The second-order valence-corrected chi connectivity index (χ2v) is 8.22. The molecule has 3 aromatic heterocycles. The molecule has 1 amide bonds. The predicted octanol–water partition coefficient (Wildman–Crippen LogP) is 4.54. The van der Waals surface area contributed by atoms with E-state index < -0.39 is 18.5 Å². The number of anilines is 1. The van der Waals surface area contributed by atoms with Crippen molar-refractivity contribution < 1.29 is 18.7 Å². The van der Waals surface area contributed by atoms with Crippen LogP contribution in [-0.2, 0) is 16.1 Å². The molecule has 166 valence electrons. The quantitative estimate of drug-likeness (QED) is 0.406. The number of furan rings is 1. The highest BCUT2D eigenvalue weighted by Gasteiger charge is 2.22. The van der Waals surface area contributed by atoms with E-state index in [9.17, 15) is 14.9 Å². The van der Waals surface area contributed by atoms with Gasteiger partial charge in [0.1, 0.15) is 28.7 Å². The number of aryl methyl sites for hydroxylation is 1. The topological polar surface area (TPSA) is 110 Å². The molecular weight excluding hydrogens is 440 g/mol. The first-order valence-corrected chi connectivity index (χ1v) is 11.0. The molecule has 9 heteroatoms. The van der Waals surface area contributed by atoms with Gasteiger partial charge in [-0.15, -0.1) is 11.3 Å². The van der Waals surface area contributed by atoms with Crippen LogP contribution in [0.2, 0.25) is 0 Å². The molecule has 4 aromatic rings. The van der Waals surface area contributed by atoms with Crippen molar-refractivity contribution >= 4 is 29.1 Å². The number of aromatic nitrogens is 2. The molecule has 3 heterocycles. The largest absolute Gasteiger partial charge is 0.452 e. The fraction of sp³-hybridized carbons (Fsp3) is 0.167. The summed E-state index contributed by atoms with van der Waals surface area (Å²) in [5, 5.41) is 18.2. The first-order valence-electron chi connectivity index (χ1n) is 10.1. The number of nitrogens with one attached hydrogen (secondary N) is 1. The summed E-state index contributed by atoms with van der Waals surface area (Å²) in [6.45, 7) is 3.38. The van der Waals surface area contributed by atoms with Crippen LogP contribution in [0.5, 0.6) is 0 Å². The average Bonchev–Trinajstić information content (AvgIpc) is 3.53. The molecule has 33 heavy (non-hydrogen) atoms. The minimum absolute atomic E-state index is 0.0449. The lowest BCUT2D eigenvalue weighted by Crippen LogP contribution is -2.21. The molecule has 0 bridgehead atoms. The predicted molar refractivity (Wildman–Crippen MR) is 123 cm³/mol. The van der Waals surface area contributed by atoms with Gasteiger partial charge in [0.05, 0.1) is 11.4 Å². The van der Waals surface area contributed by atoms with Crippen LogP contribution < -0.4 is 5.32 Å². The van der Waals surface area contributed by atoms with Crippen molar-refractivity contribution in [2.45, 2.75) is 20.4 Å². The Kier molecular flexibility index (Phi) is 6.38. The fourth-order valence-electron chi connectivity index (χ4n) is 3.24. The van der Waals surface area contributed by atoms with Crippen LogP contribution in [0.4, 0.5) is 5.88 Å². The number of benzene rings is 1. The first-order chi connectivity index (χ1) is 16.0. The molecule has 0 radical (unpaired) electrons. The summed E-state index contributed by atoms with van der Waals surface area (Å²) in [6.07, 6.45) is 1.62. The van der Waals surface area contributed by atoms with Gasteiger partial charge < -0.3 is 9.15 Å². The molecule has 0 spiro atoms. The number of thiophene rings is 1. The zero-order valence-corrected chi connectivity index (χ0v) is 18.8. The van der Waals surface area contributed by atoms with Crippen molar-refractivity contribution in [3.05, 3.63) is 82.1 Å². The van der Waals surface area contributed by atoms with Crippen molar-refractivity contribution in [2.24, 2.45) is 0 Å². The van der Waals surface area contributed by atoms with E-state index >= 15 is 0 Å². The van der Waals surface area contributed by atoms with E-state index in [1.807, 2.05) is 53.9 Å². The van der Waals surface area contributed by atoms with Gasteiger partial charge in [0, 0.05) is 11.8 Å². The standard InChI is InChI=1S/C24H20N4O4S/c1-15-16(2)32-23(18(15)11-25)26-21(29)14-31-24(30)19-13-28(12-17-7-4-3-5-8-17)27-22(19)20-9-6-10-33-20/h3-10,13H,12,14H2,1-2H3,(H,26,29). The minimum Gasteiger partial charge on any atom is -0.452 e. The zero-order valence-electron chi connectivity index (χ0n) is 18.0. The third-order valence-corrected chi connectivity index (χ3v) is 5.88. The summed E-state index contributed by atoms with van der Waals surface area (Å²) >= 11 is 1.46. The highest BCUT2D eigenvalue weighted by Crippen LogP contribution is 2.28. The second-order valence-electron chi connectivity index (χ2n) is 7.28. The number of rotatable bonds is 7. The molecule has 0 unspecified atom stereocenters. The summed E-state index contributed by atoms with van der Waals surface area (Å²) in [4.78, 5) is 26.0. The highest BCUT2D eigenvalue weighted by molar-refractivity contribution is 7.13. The smallest absolute Gasteiger partial charge is 0.342 e. The van der Waals surface area contributed by atoms with Gasteiger partial charge in [-0.05, 0) is 30.9 Å². The van der Waals surface area contributed by atoms with Gasteiger partial charge in [0.25, 0.3) is 5.91 Å². The van der Waals surface area contributed by atoms with Gasteiger partial charge in [-0.3, -0.25) is 14.8 Å². The zero-order chi connectivity index (χ0) is 23.4. The van der Waals surface area contributed by atoms with Crippen LogP contribution >= 0.6 is 11.3 Å². The number of hydrogen-bond acceptors (Lipinski definition) is 7. The van der Waals surface area contributed by atoms with Crippen molar-refractivity contribution in [3.8, 4) is 16.6 Å². The normalized spacial score (nSPS) is 10.6. The summed E-state index contributed by atoms with van der Waals surface area (Å²) in [5.74, 6) is -0.697. The molecule has 0 aliphatic carbocycles. The third kappa shape index (κ3) is 4.86. The van der Waals surface area contributed by atoms with Crippen molar-refractivity contribution in [1.82, 2.24) is 9.78 Å². The van der Waals surface area contributed by atoms with Crippen LogP contribution in [0.25, 0.3) is 10.6 Å². The lowest BCUT2D eigenvalue weighted by Gasteiger charge is -2.05. The van der Waals surface area contributed by atoms with Crippen LogP contribution in [0.1, 0.15) is 32.8 Å². The number of nitriles is 1. The number of carbonyl (C=O) groups is 2. The van der Waals surface area contributed by atoms with E-state index in [0.717, 1.165) is 10.4 Å². The number of ether oxygens (including phenoxy) is 1. The molecule has 0 atom stereocenters. The SMILES string of the molecule is Cc1oc(NC(=O)COC(=O)c2cn(Cc3ccccc3)nc2-c2cccs2)c(C#N)c1C. The number of hydrogen-bond donors (Lipinski definition) is 1. The molecular formula is C24H20N4O4S. The average molecular weight is 461 g/mol. The molecule has 4 rings (SSSR count). The lowest BCUT2D eigenvalue weighted by molar-refractivity contribution is -0.119. The van der Waals surface area contributed by atoms with E-state index in [2.05, 4.69) is 10.4 Å². The summed E-state index contributed by atoms with van der Waals surface area (Å²) < 4.78 is 12.3. The van der Waals surface area contributed by atoms with Crippen LogP contribution in [-0.4, -0.2) is 28.3 Å². The van der Waals surface area contributed by atoms with E-state index in [1.165, 1.54) is 11.3 Å².